The second kappa shape index (κ2) is 5.39. The van der Waals surface area contributed by atoms with Gasteiger partial charge in [0.25, 0.3) is 0 Å². The Morgan fingerprint density at radius 3 is 2.75 bits per heavy atom. The molecule has 0 amide bonds. The second-order valence-electron chi connectivity index (χ2n) is 3.19. The minimum Gasteiger partial charge on any atom is -0.330 e. The number of hydrogen-bond donors (Lipinski definition) is 1. The average Bonchev–Trinajstić information content (AvgIpc) is 2.75. The van der Waals surface area contributed by atoms with Crippen molar-refractivity contribution in [2.45, 2.75) is 5.16 Å². The lowest BCUT2D eigenvalue weighted by molar-refractivity contribution is 0.894. The standard InChI is InChI=1S/C11H12ClN3S/c12-9-1-3-10(4-2-9)15-7-6-14-11(15)16-8-5-13/h1-4,6-7H,5,8,13H2. The van der Waals surface area contributed by atoms with Crippen LogP contribution in [0, 0.1) is 0 Å². The lowest BCUT2D eigenvalue weighted by Gasteiger charge is -2.06. The maximum Gasteiger partial charge on any atom is 0.172 e. The normalized spacial score (nSPS) is 10.6. The Morgan fingerprint density at radius 2 is 2.06 bits per heavy atom. The molecule has 5 heteroatoms. The highest BCUT2D eigenvalue weighted by molar-refractivity contribution is 7.99. The molecule has 0 spiro atoms. The van der Waals surface area contributed by atoms with Gasteiger partial charge in [0, 0.05) is 35.4 Å². The maximum atomic E-state index is 5.85. The van der Waals surface area contributed by atoms with E-state index in [1.807, 2.05) is 35.0 Å². The number of nitrogens with two attached hydrogens (primary N) is 1. The van der Waals surface area contributed by atoms with Crippen molar-refractivity contribution in [3.63, 3.8) is 0 Å². The molecule has 0 radical (unpaired) electrons. The minimum absolute atomic E-state index is 0.651. The summed E-state index contributed by atoms with van der Waals surface area (Å²) >= 11 is 7.50. The van der Waals surface area contributed by atoms with Gasteiger partial charge >= 0.3 is 0 Å². The van der Waals surface area contributed by atoms with E-state index in [0.717, 1.165) is 21.6 Å². The van der Waals surface area contributed by atoms with Gasteiger partial charge in [0.15, 0.2) is 5.16 Å². The van der Waals surface area contributed by atoms with Crippen molar-refractivity contribution in [1.82, 2.24) is 9.55 Å². The number of hydrogen-bond acceptors (Lipinski definition) is 3. The molecule has 0 aliphatic carbocycles. The van der Waals surface area contributed by atoms with Gasteiger partial charge in [-0.1, -0.05) is 23.4 Å². The Morgan fingerprint density at radius 1 is 1.31 bits per heavy atom. The highest BCUT2D eigenvalue weighted by Gasteiger charge is 2.04. The van der Waals surface area contributed by atoms with Crippen LogP contribution in [0.2, 0.25) is 5.02 Å². The van der Waals surface area contributed by atoms with Crippen LogP contribution in [0.15, 0.2) is 41.8 Å². The van der Waals surface area contributed by atoms with E-state index in [0.29, 0.717) is 6.54 Å². The van der Waals surface area contributed by atoms with Gasteiger partial charge in [-0.25, -0.2) is 4.98 Å². The summed E-state index contributed by atoms with van der Waals surface area (Å²) in [7, 11) is 0. The van der Waals surface area contributed by atoms with Gasteiger partial charge in [-0.15, -0.1) is 0 Å². The van der Waals surface area contributed by atoms with Crippen LogP contribution in [0.5, 0.6) is 0 Å². The number of rotatable bonds is 4. The smallest absolute Gasteiger partial charge is 0.172 e. The molecule has 2 aromatic rings. The van der Waals surface area contributed by atoms with Crippen LogP contribution in [0.1, 0.15) is 0 Å². The molecule has 16 heavy (non-hydrogen) atoms. The summed E-state index contributed by atoms with van der Waals surface area (Å²) in [5, 5.41) is 1.69. The van der Waals surface area contributed by atoms with Crippen molar-refractivity contribution in [1.29, 1.82) is 0 Å². The van der Waals surface area contributed by atoms with Crippen LogP contribution < -0.4 is 5.73 Å². The van der Waals surface area contributed by atoms with Gasteiger partial charge in [-0.3, -0.25) is 4.57 Å². The molecule has 0 aliphatic rings. The molecule has 3 nitrogen and oxygen atoms in total. The molecule has 0 unspecified atom stereocenters. The first-order valence-corrected chi connectivity index (χ1v) is 6.30. The predicted molar refractivity (Wildman–Crippen MR) is 68.4 cm³/mol. The van der Waals surface area contributed by atoms with E-state index in [1.54, 1.807) is 18.0 Å². The summed E-state index contributed by atoms with van der Waals surface area (Å²) in [5.41, 5.74) is 6.54. The largest absolute Gasteiger partial charge is 0.330 e. The molecular formula is C11H12ClN3S. The fourth-order valence-electron chi connectivity index (χ4n) is 1.34. The van der Waals surface area contributed by atoms with Crippen LogP contribution in [-0.4, -0.2) is 21.8 Å². The molecule has 0 bridgehead atoms. The topological polar surface area (TPSA) is 43.8 Å². The maximum absolute atomic E-state index is 5.85. The highest BCUT2D eigenvalue weighted by atomic mass is 35.5. The summed E-state index contributed by atoms with van der Waals surface area (Å²) in [4.78, 5) is 4.29. The zero-order chi connectivity index (χ0) is 11.4. The molecule has 2 N–H and O–H groups in total. The van der Waals surface area contributed by atoms with Crippen LogP contribution in [-0.2, 0) is 0 Å². The van der Waals surface area contributed by atoms with Crippen molar-refractivity contribution in [2.75, 3.05) is 12.3 Å². The van der Waals surface area contributed by atoms with Gasteiger partial charge in [-0.05, 0) is 24.3 Å². The molecule has 0 saturated carbocycles. The SMILES string of the molecule is NCCSc1nccn1-c1ccc(Cl)cc1. The Balaban J connectivity index is 2.26. The fraction of sp³-hybridized carbons (Fsp3) is 0.182. The summed E-state index contributed by atoms with van der Waals surface area (Å²) in [5.74, 6) is 0.866. The molecule has 0 fully saturated rings. The minimum atomic E-state index is 0.651. The van der Waals surface area contributed by atoms with Gasteiger partial charge < -0.3 is 5.73 Å². The molecular weight excluding hydrogens is 242 g/mol. The molecule has 0 atom stereocenters. The summed E-state index contributed by atoms with van der Waals surface area (Å²) in [6.07, 6.45) is 3.72. The van der Waals surface area contributed by atoms with E-state index in [1.165, 1.54) is 0 Å². The van der Waals surface area contributed by atoms with Crippen LogP contribution in [0.3, 0.4) is 0 Å². The average molecular weight is 254 g/mol. The van der Waals surface area contributed by atoms with Crippen molar-refractivity contribution >= 4 is 23.4 Å². The first-order chi connectivity index (χ1) is 7.81. The Kier molecular flexibility index (Phi) is 3.88. The van der Waals surface area contributed by atoms with E-state index in [2.05, 4.69) is 4.98 Å². The lowest BCUT2D eigenvalue weighted by Crippen LogP contribution is -2.03. The zero-order valence-corrected chi connectivity index (χ0v) is 10.2. The van der Waals surface area contributed by atoms with Gasteiger partial charge in [-0.2, -0.15) is 0 Å². The number of aromatic nitrogens is 2. The number of thioether (sulfide) groups is 1. The second-order valence-corrected chi connectivity index (χ2v) is 4.69. The molecule has 0 saturated heterocycles. The quantitative estimate of drug-likeness (QED) is 0.852. The summed E-state index contributed by atoms with van der Waals surface area (Å²) in [6, 6.07) is 7.68. The van der Waals surface area contributed by atoms with Gasteiger partial charge in [0.1, 0.15) is 0 Å². The molecule has 0 aliphatic heterocycles. The first kappa shape index (κ1) is 11.5. The third-order valence-corrected chi connectivity index (χ3v) is 3.31. The van der Waals surface area contributed by atoms with Crippen LogP contribution in [0.25, 0.3) is 5.69 Å². The first-order valence-electron chi connectivity index (χ1n) is 4.93. The van der Waals surface area contributed by atoms with E-state index >= 15 is 0 Å². The summed E-state index contributed by atoms with van der Waals surface area (Å²) < 4.78 is 2.02. The molecule has 2 rings (SSSR count). The molecule has 84 valence electrons. The van der Waals surface area contributed by atoms with Crippen molar-refractivity contribution in [3.05, 3.63) is 41.7 Å². The number of benzene rings is 1. The van der Waals surface area contributed by atoms with Crippen LogP contribution in [0.4, 0.5) is 0 Å². The Hall–Kier alpha value is -0.970. The van der Waals surface area contributed by atoms with Crippen molar-refractivity contribution < 1.29 is 0 Å². The van der Waals surface area contributed by atoms with Crippen molar-refractivity contribution in [3.8, 4) is 5.69 Å². The summed E-state index contributed by atoms with van der Waals surface area (Å²) in [6.45, 7) is 0.651. The van der Waals surface area contributed by atoms with Crippen LogP contribution >= 0.6 is 23.4 Å². The van der Waals surface area contributed by atoms with E-state index in [-0.39, 0.29) is 0 Å². The Bertz CT molecular complexity index is 453. The third kappa shape index (κ3) is 2.58. The number of halogens is 1. The molecule has 1 aromatic heterocycles. The number of imidazole rings is 1. The monoisotopic (exact) mass is 253 g/mol. The van der Waals surface area contributed by atoms with E-state index < -0.39 is 0 Å². The van der Waals surface area contributed by atoms with E-state index in [9.17, 15) is 0 Å². The fourth-order valence-corrected chi connectivity index (χ4v) is 2.21. The Labute approximate surface area is 104 Å². The van der Waals surface area contributed by atoms with Crippen molar-refractivity contribution in [2.24, 2.45) is 5.73 Å². The molecule has 1 heterocycles. The predicted octanol–water partition coefficient (Wildman–Crippen LogP) is 2.58. The third-order valence-electron chi connectivity index (χ3n) is 2.06. The highest BCUT2D eigenvalue weighted by Crippen LogP contribution is 2.21. The molecule has 1 aromatic carbocycles. The zero-order valence-electron chi connectivity index (χ0n) is 8.64. The van der Waals surface area contributed by atoms with Gasteiger partial charge in [0.2, 0.25) is 0 Å². The lowest BCUT2D eigenvalue weighted by atomic mass is 10.3. The number of nitrogens with zero attached hydrogens (tertiary/aromatic N) is 2. The van der Waals surface area contributed by atoms with Gasteiger partial charge in [0.05, 0.1) is 0 Å². The van der Waals surface area contributed by atoms with E-state index in [4.69, 9.17) is 17.3 Å².